The molecule has 0 amide bonds. The Morgan fingerprint density at radius 1 is 0.737 bits per heavy atom. The fraction of sp³-hybridized carbons (Fsp3) is 1.00. The maximum absolute atomic E-state index is 2.56. The van der Waals surface area contributed by atoms with Crippen LogP contribution in [0.25, 0.3) is 0 Å². The molecule has 0 rings (SSSR count). The van der Waals surface area contributed by atoms with Crippen molar-refractivity contribution >= 4 is 0 Å². The Balaban J connectivity index is 4.38. The summed E-state index contributed by atoms with van der Waals surface area (Å²) in [7, 11) is 2.30. The first kappa shape index (κ1) is 19.0. The molecule has 0 aliphatic carbocycles. The van der Waals surface area contributed by atoms with Gasteiger partial charge in [-0.2, -0.15) is 0 Å². The topological polar surface area (TPSA) is 3.24 Å². The van der Waals surface area contributed by atoms with E-state index in [4.69, 9.17) is 0 Å². The molecule has 1 unspecified atom stereocenters. The molecule has 0 saturated heterocycles. The van der Waals surface area contributed by atoms with Crippen molar-refractivity contribution in [3.05, 3.63) is 0 Å². The van der Waals surface area contributed by atoms with E-state index in [1.807, 2.05) is 0 Å². The van der Waals surface area contributed by atoms with Gasteiger partial charge in [0.2, 0.25) is 0 Å². The van der Waals surface area contributed by atoms with Gasteiger partial charge in [0.15, 0.2) is 0 Å². The molecule has 0 radical (unpaired) electrons. The summed E-state index contributed by atoms with van der Waals surface area (Å²) in [5.74, 6) is 0. The van der Waals surface area contributed by atoms with Gasteiger partial charge < -0.3 is 4.90 Å². The van der Waals surface area contributed by atoms with Crippen molar-refractivity contribution in [2.45, 2.75) is 86.5 Å². The second-order valence-electron chi connectivity index (χ2n) is 8.10. The van der Waals surface area contributed by atoms with Gasteiger partial charge in [0.25, 0.3) is 0 Å². The standard InChI is InChI=1S/C18H39N/c1-8-10-12-14-18(6,13-11-9-2)16-19(7)15-17(3,4)5/h8-16H2,1-7H3. The first-order chi connectivity index (χ1) is 8.72. The molecular formula is C18H39N. The number of rotatable bonds is 10. The van der Waals surface area contributed by atoms with Crippen LogP contribution in [0.3, 0.4) is 0 Å². The first-order valence-corrected chi connectivity index (χ1v) is 8.41. The molecule has 0 N–H and O–H groups in total. The van der Waals surface area contributed by atoms with Gasteiger partial charge in [-0.1, -0.05) is 73.6 Å². The fourth-order valence-corrected chi connectivity index (χ4v) is 3.21. The third-order valence-corrected chi connectivity index (χ3v) is 3.91. The van der Waals surface area contributed by atoms with E-state index in [2.05, 4.69) is 53.5 Å². The maximum atomic E-state index is 2.56. The third-order valence-electron chi connectivity index (χ3n) is 3.91. The quantitative estimate of drug-likeness (QED) is 0.457. The van der Waals surface area contributed by atoms with Crippen molar-refractivity contribution < 1.29 is 0 Å². The zero-order valence-corrected chi connectivity index (χ0v) is 14.8. The van der Waals surface area contributed by atoms with Crippen LogP contribution >= 0.6 is 0 Å². The van der Waals surface area contributed by atoms with Crippen molar-refractivity contribution in [2.24, 2.45) is 10.8 Å². The van der Waals surface area contributed by atoms with Crippen LogP contribution in [0.1, 0.15) is 86.5 Å². The molecular weight excluding hydrogens is 230 g/mol. The molecule has 19 heavy (non-hydrogen) atoms. The van der Waals surface area contributed by atoms with Gasteiger partial charge in [-0.15, -0.1) is 0 Å². The number of hydrogen-bond donors (Lipinski definition) is 0. The van der Waals surface area contributed by atoms with Gasteiger partial charge in [0.1, 0.15) is 0 Å². The molecule has 0 aromatic heterocycles. The molecule has 1 atom stereocenters. The summed E-state index contributed by atoms with van der Waals surface area (Å²) < 4.78 is 0. The highest BCUT2D eigenvalue weighted by molar-refractivity contribution is 4.79. The normalized spacial score (nSPS) is 15.8. The Labute approximate surface area is 123 Å². The summed E-state index contributed by atoms with van der Waals surface area (Å²) in [6.45, 7) is 16.6. The molecule has 0 bridgehead atoms. The van der Waals surface area contributed by atoms with Crippen LogP contribution in [-0.2, 0) is 0 Å². The molecule has 0 spiro atoms. The second kappa shape index (κ2) is 9.00. The summed E-state index contributed by atoms with van der Waals surface area (Å²) >= 11 is 0. The minimum absolute atomic E-state index is 0.407. The van der Waals surface area contributed by atoms with Crippen LogP contribution in [0.2, 0.25) is 0 Å². The molecule has 116 valence electrons. The lowest BCUT2D eigenvalue weighted by molar-refractivity contribution is 0.129. The van der Waals surface area contributed by atoms with Gasteiger partial charge in [0, 0.05) is 13.1 Å². The third kappa shape index (κ3) is 10.4. The molecule has 0 aliphatic rings. The number of hydrogen-bond acceptors (Lipinski definition) is 1. The lowest BCUT2D eigenvalue weighted by Gasteiger charge is -2.37. The van der Waals surface area contributed by atoms with E-state index in [0.29, 0.717) is 10.8 Å². The zero-order chi connectivity index (χ0) is 14.9. The number of nitrogens with zero attached hydrogens (tertiary/aromatic N) is 1. The predicted octanol–water partition coefficient (Wildman–Crippen LogP) is 5.74. The van der Waals surface area contributed by atoms with Gasteiger partial charge in [-0.3, -0.25) is 0 Å². The predicted molar refractivity (Wildman–Crippen MR) is 88.7 cm³/mol. The Kier molecular flexibility index (Phi) is 8.98. The largest absolute Gasteiger partial charge is 0.305 e. The molecule has 0 aliphatic heterocycles. The summed E-state index contributed by atoms with van der Waals surface area (Å²) in [4.78, 5) is 2.56. The van der Waals surface area contributed by atoms with Gasteiger partial charge in [-0.25, -0.2) is 0 Å². The van der Waals surface area contributed by atoms with E-state index >= 15 is 0 Å². The van der Waals surface area contributed by atoms with E-state index < -0.39 is 0 Å². The van der Waals surface area contributed by atoms with Gasteiger partial charge in [0.05, 0.1) is 0 Å². The van der Waals surface area contributed by atoms with Crippen molar-refractivity contribution in [1.29, 1.82) is 0 Å². The van der Waals surface area contributed by atoms with Crippen molar-refractivity contribution in [1.82, 2.24) is 4.90 Å². The summed E-state index contributed by atoms with van der Waals surface area (Å²) in [6.07, 6.45) is 9.63. The Morgan fingerprint density at radius 3 is 1.74 bits per heavy atom. The van der Waals surface area contributed by atoms with Gasteiger partial charge in [-0.05, 0) is 30.7 Å². The molecule has 0 fully saturated rings. The van der Waals surface area contributed by atoms with Crippen LogP contribution in [-0.4, -0.2) is 25.0 Å². The van der Waals surface area contributed by atoms with Crippen molar-refractivity contribution in [2.75, 3.05) is 20.1 Å². The minimum Gasteiger partial charge on any atom is -0.305 e. The van der Waals surface area contributed by atoms with Crippen LogP contribution in [0.15, 0.2) is 0 Å². The SMILES string of the molecule is CCCCCC(C)(CCCC)CN(C)CC(C)(C)C. The van der Waals surface area contributed by atoms with Crippen LogP contribution in [0, 0.1) is 10.8 Å². The van der Waals surface area contributed by atoms with E-state index in [-0.39, 0.29) is 0 Å². The molecule has 1 nitrogen and oxygen atoms in total. The fourth-order valence-electron chi connectivity index (χ4n) is 3.21. The number of unbranched alkanes of at least 4 members (excludes halogenated alkanes) is 3. The Bertz CT molecular complexity index is 216. The second-order valence-corrected chi connectivity index (χ2v) is 8.10. The van der Waals surface area contributed by atoms with E-state index in [1.165, 1.54) is 58.0 Å². The summed E-state index contributed by atoms with van der Waals surface area (Å²) in [5.41, 5.74) is 0.926. The summed E-state index contributed by atoms with van der Waals surface area (Å²) in [5, 5.41) is 0. The maximum Gasteiger partial charge on any atom is 0.00325 e. The highest BCUT2D eigenvalue weighted by atomic mass is 15.1. The van der Waals surface area contributed by atoms with Crippen molar-refractivity contribution in [3.8, 4) is 0 Å². The lowest BCUT2D eigenvalue weighted by atomic mass is 9.79. The smallest absolute Gasteiger partial charge is 0.00325 e. The van der Waals surface area contributed by atoms with Gasteiger partial charge >= 0.3 is 0 Å². The molecule has 0 heterocycles. The zero-order valence-electron chi connectivity index (χ0n) is 14.8. The first-order valence-electron chi connectivity index (χ1n) is 8.41. The van der Waals surface area contributed by atoms with Crippen LogP contribution in [0.4, 0.5) is 0 Å². The monoisotopic (exact) mass is 269 g/mol. The molecule has 1 heteroatoms. The van der Waals surface area contributed by atoms with Crippen LogP contribution in [0.5, 0.6) is 0 Å². The Hall–Kier alpha value is -0.0400. The highest BCUT2D eigenvalue weighted by Crippen LogP contribution is 2.32. The minimum atomic E-state index is 0.407. The average molecular weight is 270 g/mol. The average Bonchev–Trinajstić information content (AvgIpc) is 2.24. The van der Waals surface area contributed by atoms with E-state index in [1.54, 1.807) is 0 Å². The summed E-state index contributed by atoms with van der Waals surface area (Å²) in [6, 6.07) is 0. The van der Waals surface area contributed by atoms with E-state index in [9.17, 15) is 0 Å². The highest BCUT2D eigenvalue weighted by Gasteiger charge is 2.26. The van der Waals surface area contributed by atoms with E-state index in [0.717, 1.165) is 0 Å². The molecule has 0 aromatic rings. The van der Waals surface area contributed by atoms with Crippen molar-refractivity contribution in [3.63, 3.8) is 0 Å². The molecule has 0 aromatic carbocycles. The Morgan fingerprint density at radius 2 is 1.26 bits per heavy atom. The molecule has 0 saturated carbocycles. The lowest BCUT2D eigenvalue weighted by Crippen LogP contribution is -2.38. The van der Waals surface area contributed by atoms with Crippen LogP contribution < -0.4 is 0 Å².